The summed E-state index contributed by atoms with van der Waals surface area (Å²) in [6.45, 7) is 9.04. The van der Waals surface area contributed by atoms with Crippen molar-refractivity contribution < 1.29 is 4.74 Å². The van der Waals surface area contributed by atoms with Crippen LogP contribution in [0.5, 0.6) is 0 Å². The van der Waals surface area contributed by atoms with E-state index in [1.807, 2.05) is 0 Å². The van der Waals surface area contributed by atoms with E-state index in [9.17, 15) is 0 Å². The summed E-state index contributed by atoms with van der Waals surface area (Å²) < 4.78 is 5.50. The lowest BCUT2D eigenvalue weighted by Crippen LogP contribution is -2.41. The summed E-state index contributed by atoms with van der Waals surface area (Å²) in [5, 5.41) is 0. The maximum absolute atomic E-state index is 5.50. The van der Waals surface area contributed by atoms with E-state index >= 15 is 0 Å². The minimum atomic E-state index is 0.329. The standard InChI is InChI=1S/C12H17NO/c1-10-9-13(7-8-14-10)11(2)12-5-3-4-6-12/h3-6,10,12H,2,7-9H2,1H3. The van der Waals surface area contributed by atoms with Crippen molar-refractivity contribution in [3.63, 3.8) is 0 Å². The van der Waals surface area contributed by atoms with Gasteiger partial charge in [0.15, 0.2) is 0 Å². The molecule has 2 rings (SSSR count). The van der Waals surface area contributed by atoms with Crippen LogP contribution in [0.2, 0.25) is 0 Å². The van der Waals surface area contributed by atoms with Crippen LogP contribution in [0, 0.1) is 5.92 Å². The SMILES string of the molecule is C=C(C1C=CC=C1)N1CCOC(C)C1. The zero-order valence-electron chi connectivity index (χ0n) is 8.65. The van der Waals surface area contributed by atoms with Crippen molar-refractivity contribution in [2.24, 2.45) is 5.92 Å². The first-order valence-corrected chi connectivity index (χ1v) is 5.17. The molecule has 0 aromatic heterocycles. The smallest absolute Gasteiger partial charge is 0.0722 e. The molecule has 2 heteroatoms. The van der Waals surface area contributed by atoms with E-state index in [0.717, 1.165) is 19.7 Å². The third-order valence-electron chi connectivity index (χ3n) is 2.78. The molecule has 76 valence electrons. The van der Waals surface area contributed by atoms with Gasteiger partial charge in [-0.3, -0.25) is 0 Å². The Hall–Kier alpha value is -1.02. The zero-order valence-corrected chi connectivity index (χ0v) is 8.65. The Kier molecular flexibility index (Phi) is 2.73. The molecule has 1 atom stereocenters. The molecule has 1 aliphatic carbocycles. The van der Waals surface area contributed by atoms with Crippen LogP contribution in [0.15, 0.2) is 36.6 Å². The first-order chi connectivity index (χ1) is 6.77. The molecule has 0 bridgehead atoms. The first-order valence-electron chi connectivity index (χ1n) is 5.17. The molecule has 0 spiro atoms. The molecule has 0 N–H and O–H groups in total. The third-order valence-corrected chi connectivity index (χ3v) is 2.78. The maximum Gasteiger partial charge on any atom is 0.0722 e. The molecule has 0 aromatic rings. The van der Waals surface area contributed by atoms with E-state index in [2.05, 4.69) is 42.7 Å². The predicted molar refractivity (Wildman–Crippen MR) is 57.9 cm³/mol. The highest BCUT2D eigenvalue weighted by Crippen LogP contribution is 2.22. The van der Waals surface area contributed by atoms with Crippen molar-refractivity contribution in [1.29, 1.82) is 0 Å². The van der Waals surface area contributed by atoms with Gasteiger partial charge in [-0.25, -0.2) is 0 Å². The molecule has 1 fully saturated rings. The first kappa shape index (κ1) is 9.53. The highest BCUT2D eigenvalue weighted by molar-refractivity contribution is 5.26. The molecular formula is C12H17NO. The summed E-state index contributed by atoms with van der Waals surface area (Å²) in [6, 6.07) is 0. The van der Waals surface area contributed by atoms with Crippen LogP contribution in [0.3, 0.4) is 0 Å². The largest absolute Gasteiger partial charge is 0.375 e. The van der Waals surface area contributed by atoms with Crippen LogP contribution >= 0.6 is 0 Å². The van der Waals surface area contributed by atoms with Crippen molar-refractivity contribution in [1.82, 2.24) is 4.90 Å². The number of hydrogen-bond acceptors (Lipinski definition) is 2. The van der Waals surface area contributed by atoms with Gasteiger partial charge in [0, 0.05) is 24.7 Å². The Balaban J connectivity index is 1.96. The fourth-order valence-corrected chi connectivity index (χ4v) is 1.94. The lowest BCUT2D eigenvalue weighted by molar-refractivity contribution is -0.00745. The molecule has 1 unspecified atom stereocenters. The topological polar surface area (TPSA) is 12.5 Å². The van der Waals surface area contributed by atoms with E-state index in [1.54, 1.807) is 0 Å². The van der Waals surface area contributed by atoms with E-state index in [-0.39, 0.29) is 0 Å². The van der Waals surface area contributed by atoms with Crippen LogP contribution in [0.1, 0.15) is 6.92 Å². The minimum absolute atomic E-state index is 0.329. The molecule has 2 nitrogen and oxygen atoms in total. The molecule has 1 saturated heterocycles. The van der Waals surface area contributed by atoms with Gasteiger partial charge in [-0.05, 0) is 6.92 Å². The molecule has 1 heterocycles. The van der Waals surface area contributed by atoms with Gasteiger partial charge in [-0.15, -0.1) is 0 Å². The summed E-state index contributed by atoms with van der Waals surface area (Å²) in [5.74, 6) is 0.403. The molecule has 0 amide bonds. The molecule has 2 aliphatic rings. The average Bonchev–Trinajstić information content (AvgIpc) is 2.69. The molecule has 0 aromatic carbocycles. The molecule has 0 radical (unpaired) electrons. The Bertz CT molecular complexity index is 268. The van der Waals surface area contributed by atoms with Crippen molar-refractivity contribution >= 4 is 0 Å². The van der Waals surface area contributed by atoms with Gasteiger partial charge in [0.25, 0.3) is 0 Å². The molecule has 0 saturated carbocycles. The monoisotopic (exact) mass is 191 g/mol. The summed E-state index contributed by atoms with van der Waals surface area (Å²) in [4.78, 5) is 2.33. The van der Waals surface area contributed by atoms with E-state index in [4.69, 9.17) is 4.74 Å². The minimum Gasteiger partial charge on any atom is -0.375 e. The van der Waals surface area contributed by atoms with Gasteiger partial charge >= 0.3 is 0 Å². The zero-order chi connectivity index (χ0) is 9.97. The Morgan fingerprint density at radius 1 is 1.43 bits per heavy atom. The number of morpholine rings is 1. The van der Waals surface area contributed by atoms with E-state index in [0.29, 0.717) is 12.0 Å². The van der Waals surface area contributed by atoms with Crippen LogP contribution in [0.4, 0.5) is 0 Å². The highest BCUT2D eigenvalue weighted by atomic mass is 16.5. The van der Waals surface area contributed by atoms with Crippen molar-refractivity contribution in [3.8, 4) is 0 Å². The average molecular weight is 191 g/mol. The number of nitrogens with zero attached hydrogens (tertiary/aromatic N) is 1. The number of ether oxygens (including phenoxy) is 1. The van der Waals surface area contributed by atoms with E-state index < -0.39 is 0 Å². The van der Waals surface area contributed by atoms with Crippen molar-refractivity contribution in [3.05, 3.63) is 36.6 Å². The van der Waals surface area contributed by atoms with Crippen LogP contribution in [-0.2, 0) is 4.74 Å². The van der Waals surface area contributed by atoms with Gasteiger partial charge in [0.2, 0.25) is 0 Å². The number of rotatable bonds is 2. The Morgan fingerprint density at radius 3 is 2.79 bits per heavy atom. The lowest BCUT2D eigenvalue weighted by Gasteiger charge is -2.35. The van der Waals surface area contributed by atoms with Crippen LogP contribution in [-0.4, -0.2) is 30.7 Å². The van der Waals surface area contributed by atoms with E-state index in [1.165, 1.54) is 5.70 Å². The summed E-state index contributed by atoms with van der Waals surface area (Å²) >= 11 is 0. The second kappa shape index (κ2) is 4.01. The van der Waals surface area contributed by atoms with Gasteiger partial charge < -0.3 is 9.64 Å². The second-order valence-corrected chi connectivity index (χ2v) is 3.91. The normalized spacial score (nSPS) is 27.2. The van der Waals surface area contributed by atoms with Crippen LogP contribution < -0.4 is 0 Å². The molecule has 14 heavy (non-hydrogen) atoms. The second-order valence-electron chi connectivity index (χ2n) is 3.91. The number of allylic oxidation sites excluding steroid dienone is 3. The van der Waals surface area contributed by atoms with Gasteiger partial charge in [0.05, 0.1) is 12.7 Å². The fraction of sp³-hybridized carbons (Fsp3) is 0.500. The molecule has 1 aliphatic heterocycles. The Labute approximate surface area is 85.5 Å². The van der Waals surface area contributed by atoms with Gasteiger partial charge in [-0.2, -0.15) is 0 Å². The lowest BCUT2D eigenvalue weighted by atomic mass is 10.1. The third kappa shape index (κ3) is 1.90. The summed E-state index contributed by atoms with van der Waals surface area (Å²) in [7, 11) is 0. The van der Waals surface area contributed by atoms with Crippen molar-refractivity contribution in [2.45, 2.75) is 13.0 Å². The predicted octanol–water partition coefficient (Wildman–Crippen LogP) is 1.96. The quantitative estimate of drug-likeness (QED) is 0.661. The van der Waals surface area contributed by atoms with Crippen LogP contribution in [0.25, 0.3) is 0 Å². The summed E-state index contributed by atoms with van der Waals surface area (Å²) in [6.07, 6.45) is 8.86. The van der Waals surface area contributed by atoms with Crippen molar-refractivity contribution in [2.75, 3.05) is 19.7 Å². The Morgan fingerprint density at radius 2 is 2.14 bits per heavy atom. The maximum atomic E-state index is 5.50. The van der Waals surface area contributed by atoms with Gasteiger partial charge in [-0.1, -0.05) is 30.9 Å². The summed E-state index contributed by atoms with van der Waals surface area (Å²) in [5.41, 5.74) is 1.20. The fourth-order valence-electron chi connectivity index (χ4n) is 1.94. The molecular weight excluding hydrogens is 174 g/mol. The van der Waals surface area contributed by atoms with Gasteiger partial charge in [0.1, 0.15) is 0 Å². The number of hydrogen-bond donors (Lipinski definition) is 0. The highest BCUT2D eigenvalue weighted by Gasteiger charge is 2.21.